The van der Waals surface area contributed by atoms with Crippen LogP contribution in [0.4, 0.5) is 22.0 Å². The van der Waals surface area contributed by atoms with Gasteiger partial charge < -0.3 is 9.84 Å². The fourth-order valence-corrected chi connectivity index (χ4v) is 3.08. The molecular formula is C16H16F5NO4. The van der Waals surface area contributed by atoms with Crippen molar-refractivity contribution in [2.45, 2.75) is 38.8 Å². The second kappa shape index (κ2) is 7.85. The van der Waals surface area contributed by atoms with Crippen molar-refractivity contribution in [3.63, 3.8) is 0 Å². The van der Waals surface area contributed by atoms with E-state index >= 15 is 0 Å². The summed E-state index contributed by atoms with van der Waals surface area (Å²) >= 11 is 0. The number of allylic oxidation sites excluding steroid dienone is 1. The fourth-order valence-electron chi connectivity index (χ4n) is 3.08. The van der Waals surface area contributed by atoms with Crippen molar-refractivity contribution >= 4 is 17.7 Å². The largest absolute Gasteiger partial charge is 0.480 e. The minimum absolute atomic E-state index is 0.104. The first-order chi connectivity index (χ1) is 12.0. The molecule has 2 unspecified atom stereocenters. The third kappa shape index (κ3) is 3.57. The van der Waals surface area contributed by atoms with Crippen molar-refractivity contribution in [1.82, 2.24) is 0 Å². The molecule has 26 heavy (non-hydrogen) atoms. The number of rotatable bonds is 6. The van der Waals surface area contributed by atoms with Crippen molar-refractivity contribution < 1.29 is 41.4 Å². The molecular weight excluding hydrogens is 365 g/mol. The van der Waals surface area contributed by atoms with Gasteiger partial charge in [-0.3, -0.25) is 4.79 Å². The first-order valence-corrected chi connectivity index (χ1v) is 7.42. The van der Waals surface area contributed by atoms with Crippen LogP contribution < -0.4 is 0 Å². The molecule has 0 saturated carbocycles. The number of methoxy groups -OCH3 is 1. The van der Waals surface area contributed by atoms with Gasteiger partial charge in [0.1, 0.15) is 16.8 Å². The summed E-state index contributed by atoms with van der Waals surface area (Å²) in [4.78, 5) is 26.8. The third-order valence-electron chi connectivity index (χ3n) is 4.09. The zero-order chi connectivity index (χ0) is 20.3. The highest BCUT2D eigenvalue weighted by atomic mass is 19.4. The van der Waals surface area contributed by atoms with Crippen molar-refractivity contribution in [2.24, 2.45) is 16.3 Å². The smallest absolute Gasteiger partial charge is 0.430 e. The van der Waals surface area contributed by atoms with E-state index in [9.17, 15) is 36.6 Å². The number of alkyl halides is 5. The molecule has 0 spiro atoms. The van der Waals surface area contributed by atoms with Gasteiger partial charge in [-0.2, -0.15) is 13.2 Å². The summed E-state index contributed by atoms with van der Waals surface area (Å²) < 4.78 is 71.7. The van der Waals surface area contributed by atoms with Gasteiger partial charge in [-0.05, 0) is 6.42 Å². The van der Waals surface area contributed by atoms with E-state index in [0.717, 1.165) is 7.11 Å². The predicted molar refractivity (Wildman–Crippen MR) is 80.5 cm³/mol. The normalized spacial score (nSPS) is 23.5. The summed E-state index contributed by atoms with van der Waals surface area (Å²) in [6.07, 6.45) is -5.00. The van der Waals surface area contributed by atoms with E-state index in [4.69, 9.17) is 6.42 Å². The summed E-state index contributed by atoms with van der Waals surface area (Å²) in [5.74, 6) is -3.29. The number of carbonyl (C=O) groups excluding carboxylic acids is 1. The highest BCUT2D eigenvalue weighted by molar-refractivity contribution is 6.12. The maximum atomic E-state index is 13.5. The van der Waals surface area contributed by atoms with Crippen LogP contribution in [0.2, 0.25) is 0 Å². The second-order valence-corrected chi connectivity index (χ2v) is 5.55. The Morgan fingerprint density at radius 1 is 1.42 bits per heavy atom. The highest BCUT2D eigenvalue weighted by Gasteiger charge is 2.62. The van der Waals surface area contributed by atoms with Gasteiger partial charge in [-0.15, -0.1) is 12.3 Å². The monoisotopic (exact) mass is 381 g/mol. The number of aliphatic carboxylic acids is 1. The Morgan fingerprint density at radius 3 is 2.35 bits per heavy atom. The number of aliphatic imine (C=N–C) groups is 1. The quantitative estimate of drug-likeness (QED) is 0.436. The summed E-state index contributed by atoms with van der Waals surface area (Å²) in [6, 6.07) is 0. The first kappa shape index (κ1) is 21.6. The second-order valence-electron chi connectivity index (χ2n) is 5.55. The Bertz CT molecular complexity index is 690. The van der Waals surface area contributed by atoms with Crippen LogP contribution in [0.5, 0.6) is 0 Å². The summed E-state index contributed by atoms with van der Waals surface area (Å²) in [5, 5.41) is 9.61. The van der Waals surface area contributed by atoms with E-state index in [2.05, 4.69) is 9.73 Å². The lowest BCUT2D eigenvalue weighted by atomic mass is 9.62. The summed E-state index contributed by atoms with van der Waals surface area (Å²) in [5.41, 5.74) is -7.16. The molecule has 1 rings (SSSR count). The van der Waals surface area contributed by atoms with E-state index in [-0.39, 0.29) is 12.8 Å². The molecule has 1 aliphatic rings. The number of esters is 1. The van der Waals surface area contributed by atoms with Gasteiger partial charge in [-0.25, -0.2) is 18.6 Å². The summed E-state index contributed by atoms with van der Waals surface area (Å²) in [7, 11) is 0.841. The Hall–Kier alpha value is -2.44. The van der Waals surface area contributed by atoms with Crippen LogP contribution in [0.25, 0.3) is 0 Å². The lowest BCUT2D eigenvalue weighted by Gasteiger charge is -2.41. The van der Waals surface area contributed by atoms with E-state index in [1.807, 2.05) is 5.92 Å². The van der Waals surface area contributed by atoms with Gasteiger partial charge in [0, 0.05) is 12.3 Å². The van der Waals surface area contributed by atoms with E-state index < -0.39 is 59.3 Å². The molecule has 0 saturated heterocycles. The molecule has 2 atom stereocenters. The molecule has 1 aliphatic heterocycles. The van der Waals surface area contributed by atoms with E-state index in [1.54, 1.807) is 0 Å². The van der Waals surface area contributed by atoms with Gasteiger partial charge in [0.25, 0.3) is 6.43 Å². The lowest BCUT2D eigenvalue weighted by molar-refractivity contribution is -0.151. The zero-order valence-corrected chi connectivity index (χ0v) is 13.9. The average molecular weight is 381 g/mol. The maximum Gasteiger partial charge on any atom is 0.430 e. The molecule has 0 aromatic carbocycles. The molecule has 0 amide bonds. The van der Waals surface area contributed by atoms with E-state index in [1.165, 1.54) is 6.92 Å². The van der Waals surface area contributed by atoms with Gasteiger partial charge in [0.05, 0.1) is 12.7 Å². The van der Waals surface area contributed by atoms with Gasteiger partial charge in [0.15, 0.2) is 0 Å². The van der Waals surface area contributed by atoms with Crippen LogP contribution in [-0.4, -0.2) is 42.5 Å². The number of terminal acetylenes is 1. The standard InChI is InChI=1S/C16H16F5NO4/c1-4-6-8-9(12(23)26-3)10(11(17)18)22-13(16(19,20)21)15(8,7-5-2)14(24)25/h2,8,11H,4,6-7H2,1,3H3,(H,24,25). The molecule has 0 fully saturated rings. The number of carboxylic acid groups (broad SMARTS) is 1. The number of halogens is 5. The van der Waals surface area contributed by atoms with Crippen molar-refractivity contribution in [2.75, 3.05) is 7.11 Å². The van der Waals surface area contributed by atoms with Gasteiger partial charge in [-0.1, -0.05) is 13.3 Å². The molecule has 1 heterocycles. The topological polar surface area (TPSA) is 76.0 Å². The number of carboxylic acids is 1. The molecule has 5 nitrogen and oxygen atoms in total. The molecule has 0 bridgehead atoms. The Kier molecular flexibility index (Phi) is 6.52. The number of carbonyl (C=O) groups is 2. The predicted octanol–water partition coefficient (Wildman–Crippen LogP) is 3.21. The molecule has 0 aliphatic carbocycles. The van der Waals surface area contributed by atoms with Crippen molar-refractivity contribution in [3.8, 4) is 12.3 Å². The highest BCUT2D eigenvalue weighted by Crippen LogP contribution is 2.50. The van der Waals surface area contributed by atoms with Crippen LogP contribution in [0.3, 0.4) is 0 Å². The van der Waals surface area contributed by atoms with Crippen molar-refractivity contribution in [3.05, 3.63) is 11.3 Å². The fraction of sp³-hybridized carbons (Fsp3) is 0.562. The number of hydrogen-bond acceptors (Lipinski definition) is 4. The van der Waals surface area contributed by atoms with Gasteiger partial charge in [0.2, 0.25) is 0 Å². The summed E-state index contributed by atoms with van der Waals surface area (Å²) in [6.45, 7) is 1.50. The van der Waals surface area contributed by atoms with Crippen LogP contribution in [-0.2, 0) is 14.3 Å². The van der Waals surface area contributed by atoms with Crippen LogP contribution in [0.15, 0.2) is 16.3 Å². The molecule has 0 radical (unpaired) electrons. The average Bonchev–Trinajstić information content (AvgIpc) is 2.53. The Labute approximate surface area is 145 Å². The maximum absolute atomic E-state index is 13.5. The molecule has 0 aromatic heterocycles. The molecule has 1 N–H and O–H groups in total. The van der Waals surface area contributed by atoms with Crippen LogP contribution >= 0.6 is 0 Å². The minimum Gasteiger partial charge on any atom is -0.480 e. The third-order valence-corrected chi connectivity index (χ3v) is 4.09. The molecule has 0 aromatic rings. The molecule has 144 valence electrons. The van der Waals surface area contributed by atoms with Crippen LogP contribution in [0.1, 0.15) is 26.2 Å². The molecule has 10 heteroatoms. The van der Waals surface area contributed by atoms with Crippen molar-refractivity contribution in [1.29, 1.82) is 0 Å². The number of ether oxygens (including phenoxy) is 1. The number of nitrogens with zero attached hydrogens (tertiary/aromatic N) is 1. The van der Waals surface area contributed by atoms with E-state index in [0.29, 0.717) is 0 Å². The Balaban J connectivity index is 4.01. The first-order valence-electron chi connectivity index (χ1n) is 7.42. The SMILES string of the molecule is C#CCC1(C(=O)O)C(C(F)(F)F)=NC(C(F)F)=C(C(=O)OC)C1CCC. The van der Waals surface area contributed by atoms with Crippen LogP contribution in [0, 0.1) is 23.7 Å². The Morgan fingerprint density at radius 2 is 2.00 bits per heavy atom. The minimum atomic E-state index is -5.34. The van der Waals surface area contributed by atoms with Gasteiger partial charge >= 0.3 is 18.1 Å². The lowest BCUT2D eigenvalue weighted by Crippen LogP contribution is -2.54. The zero-order valence-electron chi connectivity index (χ0n) is 13.9. The number of hydrogen-bond donors (Lipinski definition) is 1.